The second kappa shape index (κ2) is 4.19. The number of rotatable bonds is 1. The molecule has 0 atom stereocenters. The van der Waals surface area contributed by atoms with Crippen LogP contribution in [0.1, 0.15) is 5.56 Å². The molecule has 0 aromatic heterocycles. The van der Waals surface area contributed by atoms with Crippen molar-refractivity contribution in [3.05, 3.63) is 66.2 Å². The molecule has 0 saturated carbocycles. The summed E-state index contributed by atoms with van der Waals surface area (Å²) in [5.74, 6) is 0.318. The summed E-state index contributed by atoms with van der Waals surface area (Å²) in [5.41, 5.74) is 3.25. The van der Waals surface area contributed by atoms with Crippen molar-refractivity contribution in [2.45, 2.75) is 6.92 Å². The van der Waals surface area contributed by atoms with Crippen LogP contribution in [0, 0.1) is 6.92 Å². The molecule has 0 saturated heterocycles. The highest BCUT2D eigenvalue weighted by Crippen LogP contribution is 2.28. The third kappa shape index (κ3) is 1.95. The van der Waals surface area contributed by atoms with Gasteiger partial charge in [0, 0.05) is 0 Å². The SMILES string of the molecule is Cc1cc(O)cc(-c2ccc3ccccc3c2)c1. The van der Waals surface area contributed by atoms with Crippen LogP contribution in [0.5, 0.6) is 5.75 Å². The Kier molecular flexibility index (Phi) is 2.52. The first-order chi connectivity index (χ1) is 8.72. The van der Waals surface area contributed by atoms with Crippen LogP contribution in [-0.4, -0.2) is 5.11 Å². The van der Waals surface area contributed by atoms with Crippen LogP contribution in [0.15, 0.2) is 60.7 Å². The van der Waals surface area contributed by atoms with E-state index in [1.54, 1.807) is 12.1 Å². The molecule has 18 heavy (non-hydrogen) atoms. The van der Waals surface area contributed by atoms with Crippen molar-refractivity contribution >= 4 is 10.8 Å². The molecular weight excluding hydrogens is 220 g/mol. The summed E-state index contributed by atoms with van der Waals surface area (Å²) in [6.45, 7) is 1.99. The van der Waals surface area contributed by atoms with Gasteiger partial charge in [-0.1, -0.05) is 42.5 Å². The Morgan fingerprint density at radius 1 is 0.722 bits per heavy atom. The maximum atomic E-state index is 9.67. The maximum Gasteiger partial charge on any atom is 0.116 e. The van der Waals surface area contributed by atoms with Crippen molar-refractivity contribution in [1.29, 1.82) is 0 Å². The molecule has 3 rings (SSSR count). The molecule has 0 heterocycles. The summed E-state index contributed by atoms with van der Waals surface area (Å²) in [6, 6.07) is 20.3. The molecule has 0 aliphatic carbocycles. The molecule has 3 aromatic rings. The van der Waals surface area contributed by atoms with E-state index in [0.29, 0.717) is 5.75 Å². The molecule has 1 heteroatoms. The summed E-state index contributed by atoms with van der Waals surface area (Å²) in [4.78, 5) is 0. The van der Waals surface area contributed by atoms with Gasteiger partial charge in [-0.25, -0.2) is 0 Å². The van der Waals surface area contributed by atoms with E-state index in [0.717, 1.165) is 16.7 Å². The second-order valence-corrected chi connectivity index (χ2v) is 4.62. The van der Waals surface area contributed by atoms with Gasteiger partial charge in [0.25, 0.3) is 0 Å². The number of benzene rings is 3. The lowest BCUT2D eigenvalue weighted by Crippen LogP contribution is -1.81. The number of hydrogen-bond donors (Lipinski definition) is 1. The van der Waals surface area contributed by atoms with Gasteiger partial charge in [0.1, 0.15) is 5.75 Å². The summed E-state index contributed by atoms with van der Waals surface area (Å²) in [5, 5.41) is 12.1. The minimum atomic E-state index is 0.318. The van der Waals surface area contributed by atoms with Crippen LogP contribution in [0.3, 0.4) is 0 Å². The molecular formula is C17H14O. The molecule has 0 fully saturated rings. The van der Waals surface area contributed by atoms with Gasteiger partial charge in [0.05, 0.1) is 0 Å². The minimum absolute atomic E-state index is 0.318. The van der Waals surface area contributed by atoms with Crippen LogP contribution < -0.4 is 0 Å². The molecule has 0 unspecified atom stereocenters. The van der Waals surface area contributed by atoms with Crippen molar-refractivity contribution in [3.8, 4) is 16.9 Å². The van der Waals surface area contributed by atoms with Gasteiger partial charge in [0.15, 0.2) is 0 Å². The summed E-state index contributed by atoms with van der Waals surface area (Å²) < 4.78 is 0. The van der Waals surface area contributed by atoms with Crippen molar-refractivity contribution in [2.24, 2.45) is 0 Å². The zero-order valence-electron chi connectivity index (χ0n) is 10.2. The third-order valence-electron chi connectivity index (χ3n) is 3.14. The van der Waals surface area contributed by atoms with E-state index in [4.69, 9.17) is 0 Å². The molecule has 0 aliphatic heterocycles. The topological polar surface area (TPSA) is 20.2 Å². The Bertz CT molecular complexity index is 693. The van der Waals surface area contributed by atoms with Crippen molar-refractivity contribution in [3.63, 3.8) is 0 Å². The van der Waals surface area contributed by atoms with E-state index < -0.39 is 0 Å². The molecule has 0 bridgehead atoms. The highest BCUT2D eigenvalue weighted by molar-refractivity contribution is 5.87. The lowest BCUT2D eigenvalue weighted by atomic mass is 10.00. The van der Waals surface area contributed by atoms with E-state index in [1.807, 2.05) is 19.1 Å². The first-order valence-electron chi connectivity index (χ1n) is 6.02. The number of fused-ring (bicyclic) bond motifs is 1. The molecule has 0 radical (unpaired) electrons. The maximum absolute atomic E-state index is 9.67. The van der Waals surface area contributed by atoms with Gasteiger partial charge < -0.3 is 5.11 Å². The highest BCUT2D eigenvalue weighted by atomic mass is 16.3. The van der Waals surface area contributed by atoms with Crippen LogP contribution in [0.25, 0.3) is 21.9 Å². The summed E-state index contributed by atoms with van der Waals surface area (Å²) >= 11 is 0. The van der Waals surface area contributed by atoms with Crippen molar-refractivity contribution in [1.82, 2.24) is 0 Å². The molecule has 0 aliphatic rings. The quantitative estimate of drug-likeness (QED) is 0.656. The standard InChI is InChI=1S/C17H14O/c1-12-8-16(11-17(18)9-12)15-7-6-13-4-2-3-5-14(13)10-15/h2-11,18H,1H3. The van der Waals surface area contributed by atoms with Crippen LogP contribution >= 0.6 is 0 Å². The zero-order valence-corrected chi connectivity index (χ0v) is 10.2. The van der Waals surface area contributed by atoms with Crippen LogP contribution in [0.2, 0.25) is 0 Å². The number of phenols is 1. The van der Waals surface area contributed by atoms with E-state index >= 15 is 0 Å². The highest BCUT2D eigenvalue weighted by Gasteiger charge is 2.02. The Hall–Kier alpha value is -2.28. The lowest BCUT2D eigenvalue weighted by molar-refractivity contribution is 0.475. The normalized spacial score (nSPS) is 10.7. The Morgan fingerprint density at radius 2 is 1.50 bits per heavy atom. The fourth-order valence-electron chi connectivity index (χ4n) is 2.30. The summed E-state index contributed by atoms with van der Waals surface area (Å²) in [6.07, 6.45) is 0. The van der Waals surface area contributed by atoms with Gasteiger partial charge in [-0.15, -0.1) is 0 Å². The molecule has 3 aromatic carbocycles. The van der Waals surface area contributed by atoms with Crippen LogP contribution in [-0.2, 0) is 0 Å². The predicted octanol–water partition coefficient (Wildman–Crippen LogP) is 4.52. The third-order valence-corrected chi connectivity index (χ3v) is 3.14. The zero-order chi connectivity index (χ0) is 12.5. The Morgan fingerprint density at radius 3 is 2.28 bits per heavy atom. The number of aromatic hydroxyl groups is 1. The Balaban J connectivity index is 2.19. The fraction of sp³-hybridized carbons (Fsp3) is 0.0588. The molecule has 0 spiro atoms. The predicted molar refractivity (Wildman–Crippen MR) is 75.8 cm³/mol. The number of aryl methyl sites for hydroxylation is 1. The monoisotopic (exact) mass is 234 g/mol. The van der Waals surface area contributed by atoms with E-state index in [1.165, 1.54) is 10.8 Å². The fourth-order valence-corrected chi connectivity index (χ4v) is 2.30. The number of hydrogen-bond acceptors (Lipinski definition) is 1. The van der Waals surface area contributed by atoms with E-state index in [9.17, 15) is 5.11 Å². The van der Waals surface area contributed by atoms with E-state index in [-0.39, 0.29) is 0 Å². The second-order valence-electron chi connectivity index (χ2n) is 4.62. The lowest BCUT2D eigenvalue weighted by Gasteiger charge is -2.06. The van der Waals surface area contributed by atoms with Gasteiger partial charge in [-0.2, -0.15) is 0 Å². The average molecular weight is 234 g/mol. The first kappa shape index (κ1) is 10.8. The smallest absolute Gasteiger partial charge is 0.116 e. The number of phenolic OH excluding ortho intramolecular Hbond substituents is 1. The molecule has 1 nitrogen and oxygen atoms in total. The molecule has 1 N–H and O–H groups in total. The average Bonchev–Trinajstić information content (AvgIpc) is 2.37. The minimum Gasteiger partial charge on any atom is -0.508 e. The van der Waals surface area contributed by atoms with Gasteiger partial charge >= 0.3 is 0 Å². The molecule has 88 valence electrons. The largest absolute Gasteiger partial charge is 0.508 e. The van der Waals surface area contributed by atoms with Crippen molar-refractivity contribution in [2.75, 3.05) is 0 Å². The first-order valence-corrected chi connectivity index (χ1v) is 6.02. The molecule has 0 amide bonds. The summed E-state index contributed by atoms with van der Waals surface area (Å²) in [7, 11) is 0. The van der Waals surface area contributed by atoms with Gasteiger partial charge in [0.2, 0.25) is 0 Å². The van der Waals surface area contributed by atoms with E-state index in [2.05, 4.69) is 36.4 Å². The van der Waals surface area contributed by atoms with Crippen molar-refractivity contribution < 1.29 is 5.11 Å². The van der Waals surface area contributed by atoms with Gasteiger partial charge in [-0.05, 0) is 52.6 Å². The Labute approximate surface area is 106 Å². The van der Waals surface area contributed by atoms with Gasteiger partial charge in [-0.3, -0.25) is 0 Å². The van der Waals surface area contributed by atoms with Crippen LogP contribution in [0.4, 0.5) is 0 Å².